The maximum absolute atomic E-state index is 13.5. The SMILES string of the molecule is CC(C)Cc1nn(C)c(=O)c2c(-c3cccc(C(C)O)n3)n(Cc3cccc4ccccc34)cc12. The lowest BCUT2D eigenvalue weighted by atomic mass is 10.0. The first-order valence-corrected chi connectivity index (χ1v) is 12.0. The Morgan fingerprint density at radius 2 is 1.69 bits per heavy atom. The molecule has 35 heavy (non-hydrogen) atoms. The van der Waals surface area contributed by atoms with Gasteiger partial charge in [-0.05, 0) is 47.7 Å². The van der Waals surface area contributed by atoms with Gasteiger partial charge in [-0.15, -0.1) is 0 Å². The van der Waals surface area contributed by atoms with E-state index in [2.05, 4.69) is 60.0 Å². The second-order valence-electron chi connectivity index (χ2n) is 9.63. The van der Waals surface area contributed by atoms with Gasteiger partial charge in [0.15, 0.2) is 0 Å². The number of aliphatic hydroxyl groups is 1. The summed E-state index contributed by atoms with van der Waals surface area (Å²) in [5.74, 6) is 0.393. The van der Waals surface area contributed by atoms with Crippen molar-refractivity contribution in [1.29, 1.82) is 0 Å². The third-order valence-electron chi connectivity index (χ3n) is 6.43. The molecule has 0 aliphatic rings. The number of nitrogens with zero attached hydrogens (tertiary/aromatic N) is 4. The van der Waals surface area contributed by atoms with E-state index in [9.17, 15) is 9.90 Å². The number of aliphatic hydroxyl groups excluding tert-OH is 1. The van der Waals surface area contributed by atoms with Crippen LogP contribution in [0.2, 0.25) is 0 Å². The van der Waals surface area contributed by atoms with Crippen LogP contribution in [-0.2, 0) is 20.0 Å². The summed E-state index contributed by atoms with van der Waals surface area (Å²) < 4.78 is 3.55. The van der Waals surface area contributed by atoms with E-state index in [0.717, 1.165) is 28.8 Å². The largest absolute Gasteiger partial charge is 0.387 e. The molecule has 0 fully saturated rings. The van der Waals surface area contributed by atoms with Gasteiger partial charge < -0.3 is 9.67 Å². The average molecular weight is 467 g/mol. The van der Waals surface area contributed by atoms with E-state index >= 15 is 0 Å². The molecule has 3 aromatic heterocycles. The first-order valence-electron chi connectivity index (χ1n) is 12.0. The van der Waals surface area contributed by atoms with Crippen molar-refractivity contribution in [2.24, 2.45) is 13.0 Å². The molecule has 3 heterocycles. The van der Waals surface area contributed by atoms with E-state index < -0.39 is 6.10 Å². The molecule has 0 amide bonds. The van der Waals surface area contributed by atoms with Gasteiger partial charge in [0, 0.05) is 25.2 Å². The van der Waals surface area contributed by atoms with Crippen LogP contribution in [0.5, 0.6) is 0 Å². The molecule has 0 saturated heterocycles. The normalized spacial score (nSPS) is 12.6. The van der Waals surface area contributed by atoms with Gasteiger partial charge in [-0.2, -0.15) is 5.10 Å². The van der Waals surface area contributed by atoms with Crippen LogP contribution in [0.25, 0.3) is 32.9 Å². The van der Waals surface area contributed by atoms with Gasteiger partial charge in [-0.1, -0.05) is 62.4 Å². The van der Waals surface area contributed by atoms with Crippen LogP contribution in [-0.4, -0.2) is 24.4 Å². The maximum Gasteiger partial charge on any atom is 0.276 e. The van der Waals surface area contributed by atoms with Crippen molar-refractivity contribution in [3.8, 4) is 11.4 Å². The van der Waals surface area contributed by atoms with Gasteiger partial charge in [-0.3, -0.25) is 4.79 Å². The Kier molecular flexibility index (Phi) is 5.99. The van der Waals surface area contributed by atoms with Gasteiger partial charge in [0.05, 0.1) is 34.3 Å². The molecule has 0 spiro atoms. The molecular formula is C29H30N4O2. The number of aryl methyl sites for hydroxylation is 1. The molecule has 5 aromatic rings. The lowest BCUT2D eigenvalue weighted by molar-refractivity contribution is 0.194. The second kappa shape index (κ2) is 9.12. The molecule has 1 unspecified atom stereocenters. The summed E-state index contributed by atoms with van der Waals surface area (Å²) in [6.45, 7) is 6.58. The van der Waals surface area contributed by atoms with Crippen molar-refractivity contribution in [1.82, 2.24) is 19.3 Å². The van der Waals surface area contributed by atoms with Crippen LogP contribution in [0.4, 0.5) is 0 Å². The van der Waals surface area contributed by atoms with Gasteiger partial charge in [0.2, 0.25) is 0 Å². The van der Waals surface area contributed by atoms with Crippen LogP contribution in [0.15, 0.2) is 71.7 Å². The Morgan fingerprint density at radius 1 is 0.943 bits per heavy atom. The van der Waals surface area contributed by atoms with Crippen molar-refractivity contribution in [3.63, 3.8) is 0 Å². The number of fused-ring (bicyclic) bond motifs is 2. The fourth-order valence-corrected chi connectivity index (χ4v) is 4.80. The smallest absolute Gasteiger partial charge is 0.276 e. The monoisotopic (exact) mass is 466 g/mol. The maximum atomic E-state index is 13.5. The molecule has 2 aromatic carbocycles. The van der Waals surface area contributed by atoms with Gasteiger partial charge in [-0.25, -0.2) is 9.67 Å². The average Bonchev–Trinajstić information content (AvgIpc) is 3.22. The van der Waals surface area contributed by atoms with E-state index in [1.54, 1.807) is 20.0 Å². The molecule has 0 radical (unpaired) electrons. The fraction of sp³-hybridized carbons (Fsp3) is 0.276. The summed E-state index contributed by atoms with van der Waals surface area (Å²) in [7, 11) is 1.71. The molecule has 178 valence electrons. The minimum Gasteiger partial charge on any atom is -0.387 e. The molecule has 1 N–H and O–H groups in total. The van der Waals surface area contributed by atoms with Crippen LogP contribution in [0.1, 0.15) is 43.8 Å². The Morgan fingerprint density at radius 3 is 2.46 bits per heavy atom. The topological polar surface area (TPSA) is 72.9 Å². The number of benzene rings is 2. The molecule has 0 saturated carbocycles. The van der Waals surface area contributed by atoms with Crippen LogP contribution in [0, 0.1) is 5.92 Å². The predicted molar refractivity (Wildman–Crippen MR) is 140 cm³/mol. The van der Waals surface area contributed by atoms with Gasteiger partial charge in [0.1, 0.15) is 0 Å². The fourth-order valence-electron chi connectivity index (χ4n) is 4.80. The summed E-state index contributed by atoms with van der Waals surface area (Å²) in [6, 6.07) is 20.2. The Hall–Kier alpha value is -3.77. The minimum absolute atomic E-state index is 0.150. The predicted octanol–water partition coefficient (Wildman–Crippen LogP) is 5.25. The molecule has 0 bridgehead atoms. The van der Waals surface area contributed by atoms with Crippen molar-refractivity contribution in [2.75, 3.05) is 0 Å². The zero-order valence-corrected chi connectivity index (χ0v) is 20.6. The number of aromatic nitrogens is 4. The van der Waals surface area contributed by atoms with Crippen LogP contribution >= 0.6 is 0 Å². The number of rotatable bonds is 6. The number of hydrogen-bond donors (Lipinski definition) is 1. The molecule has 0 aliphatic heterocycles. The first-order chi connectivity index (χ1) is 16.8. The molecule has 0 aliphatic carbocycles. The lowest BCUT2D eigenvalue weighted by Gasteiger charge is -2.13. The summed E-state index contributed by atoms with van der Waals surface area (Å²) in [5, 5.41) is 18.6. The summed E-state index contributed by atoms with van der Waals surface area (Å²) in [6.07, 6.45) is 2.11. The highest BCUT2D eigenvalue weighted by Gasteiger charge is 2.22. The third-order valence-corrected chi connectivity index (χ3v) is 6.43. The van der Waals surface area contributed by atoms with Crippen LogP contribution in [0.3, 0.4) is 0 Å². The van der Waals surface area contributed by atoms with Crippen molar-refractivity contribution >= 4 is 21.5 Å². The van der Waals surface area contributed by atoms with E-state index in [1.807, 2.05) is 24.3 Å². The number of pyridine rings is 1. The zero-order valence-electron chi connectivity index (χ0n) is 20.6. The molecule has 1 atom stereocenters. The quantitative estimate of drug-likeness (QED) is 0.371. The van der Waals surface area contributed by atoms with E-state index in [1.165, 1.54) is 15.5 Å². The van der Waals surface area contributed by atoms with E-state index in [0.29, 0.717) is 29.2 Å². The molecular weight excluding hydrogens is 436 g/mol. The van der Waals surface area contributed by atoms with Gasteiger partial charge in [0.25, 0.3) is 5.56 Å². The van der Waals surface area contributed by atoms with E-state index in [4.69, 9.17) is 4.98 Å². The third kappa shape index (κ3) is 4.26. The standard InChI is InChI=1S/C29H30N4O2/c1-18(2)15-26-23-17-33(16-21-11-7-10-20-9-5-6-12-22(20)21)28(27(23)29(35)32(4)31-26)25-14-8-13-24(30-25)19(3)34/h5-14,17-19,34H,15-16H2,1-4H3. The van der Waals surface area contributed by atoms with Crippen molar-refractivity contribution < 1.29 is 5.11 Å². The van der Waals surface area contributed by atoms with Gasteiger partial charge >= 0.3 is 0 Å². The number of hydrogen-bond acceptors (Lipinski definition) is 4. The summed E-state index contributed by atoms with van der Waals surface area (Å²) >= 11 is 0. The first kappa shape index (κ1) is 23.0. The minimum atomic E-state index is -0.705. The molecule has 6 heteroatoms. The van der Waals surface area contributed by atoms with Crippen molar-refractivity contribution in [2.45, 2.75) is 39.8 Å². The zero-order chi connectivity index (χ0) is 24.7. The molecule has 5 rings (SSSR count). The summed E-state index contributed by atoms with van der Waals surface area (Å²) in [5.41, 5.74) is 3.90. The highest BCUT2D eigenvalue weighted by molar-refractivity contribution is 5.96. The van der Waals surface area contributed by atoms with Crippen LogP contribution < -0.4 is 5.56 Å². The lowest BCUT2D eigenvalue weighted by Crippen LogP contribution is -2.22. The summed E-state index contributed by atoms with van der Waals surface area (Å²) in [4.78, 5) is 18.2. The Labute approximate surface area is 204 Å². The molecule has 6 nitrogen and oxygen atoms in total. The van der Waals surface area contributed by atoms with Crippen molar-refractivity contribution in [3.05, 3.63) is 94.2 Å². The Bertz CT molecular complexity index is 1590. The highest BCUT2D eigenvalue weighted by atomic mass is 16.3. The highest BCUT2D eigenvalue weighted by Crippen LogP contribution is 2.32. The second-order valence-corrected chi connectivity index (χ2v) is 9.63. The Balaban J connectivity index is 1.81. The van der Waals surface area contributed by atoms with E-state index in [-0.39, 0.29) is 5.56 Å².